The lowest BCUT2D eigenvalue weighted by Gasteiger charge is -2.13. The maximum Gasteiger partial charge on any atom is 0.416 e. The maximum absolute atomic E-state index is 13.1. The predicted molar refractivity (Wildman–Crippen MR) is 114 cm³/mol. The summed E-state index contributed by atoms with van der Waals surface area (Å²) in [6.07, 6.45) is -2.78. The van der Waals surface area contributed by atoms with Crippen molar-refractivity contribution >= 4 is 28.5 Å². The van der Waals surface area contributed by atoms with Crippen LogP contribution in [0.15, 0.2) is 71.4 Å². The van der Waals surface area contributed by atoms with E-state index in [4.69, 9.17) is 0 Å². The minimum absolute atomic E-state index is 0.126. The van der Waals surface area contributed by atoms with Crippen molar-refractivity contribution < 1.29 is 22.4 Å². The molecule has 2 aromatic rings. The summed E-state index contributed by atoms with van der Waals surface area (Å²) in [6, 6.07) is 10.7. The zero-order chi connectivity index (χ0) is 22.6. The highest BCUT2D eigenvalue weighted by Crippen LogP contribution is 2.33. The van der Waals surface area contributed by atoms with Gasteiger partial charge >= 0.3 is 6.18 Å². The molecule has 0 saturated carbocycles. The topological polar surface area (TPSA) is 45.0 Å². The number of thioether (sulfide) groups is 1. The number of carbonyl (C=O) groups is 1. The Morgan fingerprint density at radius 3 is 2.58 bits per heavy atom. The Morgan fingerprint density at radius 1 is 1.23 bits per heavy atom. The summed E-state index contributed by atoms with van der Waals surface area (Å²) in [5.74, 6) is -0.634. The molecule has 1 atom stereocenters. The van der Waals surface area contributed by atoms with Crippen molar-refractivity contribution in [2.75, 3.05) is 6.54 Å². The summed E-state index contributed by atoms with van der Waals surface area (Å²) in [4.78, 5) is 14.2. The number of carbonyl (C=O) groups excluding carboxylic acids is 1. The molecule has 0 N–H and O–H groups in total. The molecule has 31 heavy (non-hydrogen) atoms. The SMILES string of the molecule is C=CCN1C(=O)[C@H](Cc2cccc(C(F)(F)F)c2)S/C1=N\N=C(/C)c1ccc(F)cc1. The number of hydrogen-bond acceptors (Lipinski definition) is 4. The third kappa shape index (κ3) is 5.61. The first kappa shape index (κ1) is 22.7. The highest BCUT2D eigenvalue weighted by molar-refractivity contribution is 8.15. The molecular weight excluding hydrogens is 430 g/mol. The fourth-order valence-electron chi connectivity index (χ4n) is 2.97. The van der Waals surface area contributed by atoms with Crippen LogP contribution in [0.4, 0.5) is 17.6 Å². The number of benzene rings is 2. The monoisotopic (exact) mass is 449 g/mol. The lowest BCUT2D eigenvalue weighted by molar-refractivity contribution is -0.137. The Balaban J connectivity index is 1.82. The Kier molecular flexibility index (Phi) is 6.94. The molecule has 0 bridgehead atoms. The van der Waals surface area contributed by atoms with Crippen molar-refractivity contribution in [1.29, 1.82) is 0 Å². The predicted octanol–water partition coefficient (Wildman–Crippen LogP) is 5.30. The fourth-order valence-corrected chi connectivity index (χ4v) is 4.11. The Morgan fingerprint density at radius 2 is 1.94 bits per heavy atom. The van der Waals surface area contributed by atoms with Crippen molar-refractivity contribution in [2.24, 2.45) is 10.2 Å². The average molecular weight is 449 g/mol. The number of rotatable bonds is 6. The Hall–Kier alpha value is -2.94. The number of amidine groups is 1. The van der Waals surface area contributed by atoms with Gasteiger partial charge in [-0.15, -0.1) is 11.7 Å². The van der Waals surface area contributed by atoms with Gasteiger partial charge in [-0.05, 0) is 42.7 Å². The highest BCUT2D eigenvalue weighted by atomic mass is 32.2. The molecule has 3 rings (SSSR count). The van der Waals surface area contributed by atoms with Gasteiger partial charge in [0.15, 0.2) is 5.17 Å². The smallest absolute Gasteiger partial charge is 0.285 e. The van der Waals surface area contributed by atoms with E-state index in [1.807, 2.05) is 0 Å². The van der Waals surface area contributed by atoms with Gasteiger partial charge in [-0.3, -0.25) is 9.69 Å². The lowest BCUT2D eigenvalue weighted by Crippen LogP contribution is -2.32. The summed E-state index contributed by atoms with van der Waals surface area (Å²) < 4.78 is 52.0. The third-order valence-corrected chi connectivity index (χ3v) is 5.72. The van der Waals surface area contributed by atoms with E-state index in [0.29, 0.717) is 22.0 Å². The quantitative estimate of drug-likeness (QED) is 0.260. The molecule has 1 aliphatic rings. The van der Waals surface area contributed by atoms with Gasteiger partial charge in [0.1, 0.15) is 5.82 Å². The second-order valence-electron chi connectivity index (χ2n) is 6.82. The largest absolute Gasteiger partial charge is 0.416 e. The molecular formula is C22H19F4N3OS. The number of nitrogens with zero attached hydrogens (tertiary/aromatic N) is 3. The van der Waals surface area contributed by atoms with E-state index in [1.165, 1.54) is 29.2 Å². The second kappa shape index (κ2) is 9.47. The number of amides is 1. The standard InChI is InChI=1S/C22H19F4N3OS/c1-3-11-29-20(30)19(13-15-5-4-6-17(12-15)22(24,25)26)31-21(29)28-27-14(2)16-7-9-18(23)10-8-16/h3-10,12,19H,1,11,13H2,2H3/b27-14+,28-21-/t19-/m0/s1. The molecule has 1 amide bonds. The van der Waals surface area contributed by atoms with Crippen LogP contribution in [0.5, 0.6) is 0 Å². The van der Waals surface area contributed by atoms with E-state index in [1.54, 1.807) is 25.1 Å². The van der Waals surface area contributed by atoms with Gasteiger partial charge < -0.3 is 0 Å². The normalized spacial score (nSPS) is 18.7. The van der Waals surface area contributed by atoms with Crippen LogP contribution in [0, 0.1) is 5.82 Å². The van der Waals surface area contributed by atoms with Gasteiger partial charge in [0.2, 0.25) is 5.91 Å². The molecule has 1 fully saturated rings. The second-order valence-corrected chi connectivity index (χ2v) is 7.99. The van der Waals surface area contributed by atoms with Gasteiger partial charge in [-0.25, -0.2) is 4.39 Å². The summed E-state index contributed by atoms with van der Waals surface area (Å²) in [5.41, 5.74) is 0.861. The van der Waals surface area contributed by atoms with Crippen molar-refractivity contribution in [3.05, 3.63) is 83.7 Å². The van der Waals surface area contributed by atoms with Crippen molar-refractivity contribution in [3.8, 4) is 0 Å². The summed E-state index contributed by atoms with van der Waals surface area (Å²) >= 11 is 1.14. The Bertz CT molecular complexity index is 1030. The zero-order valence-electron chi connectivity index (χ0n) is 16.6. The molecule has 0 radical (unpaired) electrons. The van der Waals surface area contributed by atoms with Crippen molar-refractivity contribution in [3.63, 3.8) is 0 Å². The van der Waals surface area contributed by atoms with Crippen LogP contribution in [-0.4, -0.2) is 33.5 Å². The van der Waals surface area contributed by atoms with Crippen LogP contribution in [0.3, 0.4) is 0 Å². The Labute approximate surface area is 181 Å². The third-order valence-electron chi connectivity index (χ3n) is 4.55. The molecule has 1 aliphatic heterocycles. The first-order valence-electron chi connectivity index (χ1n) is 9.32. The minimum Gasteiger partial charge on any atom is -0.285 e. The van der Waals surface area contributed by atoms with Gasteiger partial charge in [-0.2, -0.15) is 18.3 Å². The van der Waals surface area contributed by atoms with Crippen LogP contribution < -0.4 is 0 Å². The lowest BCUT2D eigenvalue weighted by atomic mass is 10.1. The first-order chi connectivity index (χ1) is 14.7. The molecule has 0 aromatic heterocycles. The molecule has 2 aromatic carbocycles. The van der Waals surface area contributed by atoms with Gasteiger partial charge in [-0.1, -0.05) is 48.2 Å². The summed E-state index contributed by atoms with van der Waals surface area (Å²) in [6.45, 7) is 5.55. The minimum atomic E-state index is -4.45. The fraction of sp³-hybridized carbons (Fsp3) is 0.227. The number of hydrogen-bond donors (Lipinski definition) is 0. The van der Waals surface area contributed by atoms with E-state index < -0.39 is 17.0 Å². The molecule has 0 spiro atoms. The van der Waals surface area contributed by atoms with Crippen LogP contribution in [0.25, 0.3) is 0 Å². The molecule has 0 aliphatic carbocycles. The highest BCUT2D eigenvalue weighted by Gasteiger charge is 2.38. The average Bonchev–Trinajstić information content (AvgIpc) is 3.01. The van der Waals surface area contributed by atoms with Crippen LogP contribution in [-0.2, 0) is 17.4 Å². The van der Waals surface area contributed by atoms with Gasteiger partial charge in [0, 0.05) is 6.54 Å². The van der Waals surface area contributed by atoms with E-state index in [2.05, 4.69) is 16.8 Å². The van der Waals surface area contributed by atoms with Crippen molar-refractivity contribution in [1.82, 2.24) is 4.90 Å². The van der Waals surface area contributed by atoms with E-state index in [0.717, 1.165) is 23.9 Å². The molecule has 1 saturated heterocycles. The molecule has 1 heterocycles. The molecule has 162 valence electrons. The van der Waals surface area contributed by atoms with E-state index in [-0.39, 0.29) is 24.7 Å². The van der Waals surface area contributed by atoms with Gasteiger partial charge in [0.25, 0.3) is 0 Å². The number of halogens is 4. The van der Waals surface area contributed by atoms with Crippen molar-refractivity contribution in [2.45, 2.75) is 24.8 Å². The van der Waals surface area contributed by atoms with Crippen LogP contribution in [0.2, 0.25) is 0 Å². The van der Waals surface area contributed by atoms with E-state index in [9.17, 15) is 22.4 Å². The summed E-state index contributed by atoms with van der Waals surface area (Å²) in [7, 11) is 0. The molecule has 4 nitrogen and oxygen atoms in total. The zero-order valence-corrected chi connectivity index (χ0v) is 17.4. The molecule has 9 heteroatoms. The number of alkyl halides is 3. The first-order valence-corrected chi connectivity index (χ1v) is 10.2. The van der Waals surface area contributed by atoms with Gasteiger partial charge in [0.05, 0.1) is 16.5 Å². The maximum atomic E-state index is 13.1. The van der Waals surface area contributed by atoms with Crippen LogP contribution in [0.1, 0.15) is 23.6 Å². The van der Waals surface area contributed by atoms with E-state index >= 15 is 0 Å². The molecule has 0 unspecified atom stereocenters. The van der Waals surface area contributed by atoms with Crippen LogP contribution >= 0.6 is 11.8 Å². The summed E-state index contributed by atoms with van der Waals surface area (Å²) in [5, 5.41) is 8.03.